The van der Waals surface area contributed by atoms with Gasteiger partial charge in [0.25, 0.3) is 0 Å². The lowest BCUT2D eigenvalue weighted by Gasteiger charge is -2.30. The minimum absolute atomic E-state index is 0.214. The number of ether oxygens (including phenoxy) is 1. The van der Waals surface area contributed by atoms with Crippen LogP contribution in [0.2, 0.25) is 0 Å². The molecule has 1 aliphatic rings. The molecule has 1 aliphatic heterocycles. The van der Waals surface area contributed by atoms with Crippen molar-refractivity contribution in [2.75, 3.05) is 38.6 Å². The number of anilines is 1. The highest BCUT2D eigenvalue weighted by atomic mass is 79.9. The third-order valence-electron chi connectivity index (χ3n) is 2.96. The van der Waals surface area contributed by atoms with Crippen molar-refractivity contribution in [3.8, 4) is 6.07 Å². The summed E-state index contributed by atoms with van der Waals surface area (Å²) in [5.74, 6) is 0. The fraction of sp³-hybridized carbons (Fsp3) is 0.462. The van der Waals surface area contributed by atoms with Gasteiger partial charge in [-0.05, 0) is 41.2 Å². The topological polar surface area (TPSA) is 48.3 Å². The van der Waals surface area contributed by atoms with Crippen molar-refractivity contribution in [2.45, 2.75) is 6.10 Å². The zero-order chi connectivity index (χ0) is 13.0. The molecule has 1 N–H and O–H groups in total. The molecule has 0 spiro atoms. The molecule has 0 bridgehead atoms. The Morgan fingerprint density at radius 1 is 1.61 bits per heavy atom. The zero-order valence-electron chi connectivity index (χ0n) is 10.3. The molecular formula is C13H16BrN3O. The molecule has 4 nitrogen and oxygen atoms in total. The molecular weight excluding hydrogens is 294 g/mol. The van der Waals surface area contributed by atoms with Crippen LogP contribution in [0.25, 0.3) is 0 Å². The molecule has 0 saturated carbocycles. The van der Waals surface area contributed by atoms with Crippen LogP contribution in [0, 0.1) is 11.3 Å². The molecule has 1 saturated heterocycles. The summed E-state index contributed by atoms with van der Waals surface area (Å²) in [5.41, 5.74) is 1.65. The van der Waals surface area contributed by atoms with E-state index in [-0.39, 0.29) is 6.10 Å². The Bertz CT molecular complexity index is 458. The Hall–Kier alpha value is -1.09. The second-order valence-electron chi connectivity index (χ2n) is 4.44. The first-order valence-corrected chi connectivity index (χ1v) is 6.72. The summed E-state index contributed by atoms with van der Waals surface area (Å²) in [5, 5.41) is 12.1. The Labute approximate surface area is 116 Å². The highest BCUT2D eigenvalue weighted by molar-refractivity contribution is 9.10. The van der Waals surface area contributed by atoms with Crippen molar-refractivity contribution in [3.63, 3.8) is 0 Å². The number of nitriles is 1. The predicted octanol–water partition coefficient (Wildman–Crippen LogP) is 2.06. The largest absolute Gasteiger partial charge is 0.381 e. The number of halogens is 1. The van der Waals surface area contributed by atoms with E-state index in [0.717, 1.165) is 36.4 Å². The smallest absolute Gasteiger partial charge is 0.0992 e. The lowest BCUT2D eigenvalue weighted by atomic mass is 10.2. The summed E-state index contributed by atoms with van der Waals surface area (Å²) >= 11 is 3.46. The Morgan fingerprint density at radius 3 is 3.11 bits per heavy atom. The van der Waals surface area contributed by atoms with E-state index in [9.17, 15) is 0 Å². The van der Waals surface area contributed by atoms with E-state index in [1.807, 2.05) is 12.1 Å². The molecule has 0 radical (unpaired) electrons. The Morgan fingerprint density at radius 2 is 2.44 bits per heavy atom. The average molecular weight is 310 g/mol. The van der Waals surface area contributed by atoms with Gasteiger partial charge in [-0.2, -0.15) is 5.26 Å². The quantitative estimate of drug-likeness (QED) is 0.928. The highest BCUT2D eigenvalue weighted by Crippen LogP contribution is 2.23. The number of nitrogens with one attached hydrogen (secondary N) is 1. The summed E-state index contributed by atoms with van der Waals surface area (Å²) in [7, 11) is 2.10. The second-order valence-corrected chi connectivity index (χ2v) is 5.30. The maximum atomic E-state index is 8.80. The standard InChI is InChI=1S/C13H16BrN3O/c1-17-4-5-18-11(9-17)8-16-13-3-2-10(7-15)6-12(13)14/h2-3,6,11,16H,4-5,8-9H2,1H3. The fourth-order valence-corrected chi connectivity index (χ4v) is 2.46. The van der Waals surface area contributed by atoms with E-state index in [1.54, 1.807) is 6.07 Å². The van der Waals surface area contributed by atoms with Gasteiger partial charge < -0.3 is 15.0 Å². The van der Waals surface area contributed by atoms with Crippen LogP contribution in [0.5, 0.6) is 0 Å². The third-order valence-corrected chi connectivity index (χ3v) is 3.62. The van der Waals surface area contributed by atoms with Crippen LogP contribution in [-0.4, -0.2) is 44.3 Å². The molecule has 1 atom stereocenters. The van der Waals surface area contributed by atoms with Crippen LogP contribution in [0.4, 0.5) is 5.69 Å². The van der Waals surface area contributed by atoms with Crippen LogP contribution >= 0.6 is 15.9 Å². The van der Waals surface area contributed by atoms with Crippen molar-refractivity contribution in [2.24, 2.45) is 0 Å². The van der Waals surface area contributed by atoms with E-state index in [1.165, 1.54) is 0 Å². The first-order chi connectivity index (χ1) is 8.69. The first kappa shape index (κ1) is 13.3. The molecule has 0 aromatic heterocycles. The molecule has 1 unspecified atom stereocenters. The normalized spacial score (nSPS) is 20.4. The summed E-state index contributed by atoms with van der Waals surface area (Å²) in [4.78, 5) is 2.27. The van der Waals surface area contributed by atoms with Gasteiger partial charge in [-0.3, -0.25) is 0 Å². The molecule has 5 heteroatoms. The van der Waals surface area contributed by atoms with Crippen LogP contribution in [0.15, 0.2) is 22.7 Å². The van der Waals surface area contributed by atoms with Gasteiger partial charge in [-0.15, -0.1) is 0 Å². The SMILES string of the molecule is CN1CCOC(CNc2ccc(C#N)cc2Br)C1. The molecule has 0 amide bonds. The summed E-state index contributed by atoms with van der Waals surface area (Å²) in [6.45, 7) is 3.50. The molecule has 2 rings (SSSR count). The van der Waals surface area contributed by atoms with Crippen molar-refractivity contribution in [1.82, 2.24) is 4.90 Å². The van der Waals surface area contributed by atoms with Crippen molar-refractivity contribution < 1.29 is 4.74 Å². The summed E-state index contributed by atoms with van der Waals surface area (Å²) in [6.07, 6.45) is 0.214. The number of hydrogen-bond donors (Lipinski definition) is 1. The maximum Gasteiger partial charge on any atom is 0.0992 e. The van der Waals surface area contributed by atoms with E-state index in [2.05, 4.69) is 39.3 Å². The zero-order valence-corrected chi connectivity index (χ0v) is 11.9. The second kappa shape index (κ2) is 6.19. The molecule has 1 fully saturated rings. The molecule has 0 aliphatic carbocycles. The average Bonchev–Trinajstić information content (AvgIpc) is 2.37. The number of benzene rings is 1. The highest BCUT2D eigenvalue weighted by Gasteiger charge is 2.17. The summed E-state index contributed by atoms with van der Waals surface area (Å²) < 4.78 is 6.59. The third kappa shape index (κ3) is 3.45. The molecule has 18 heavy (non-hydrogen) atoms. The molecule has 96 valence electrons. The number of likely N-dealkylation sites (N-methyl/N-ethyl adjacent to an activating group) is 1. The van der Waals surface area contributed by atoms with Crippen LogP contribution in [0.3, 0.4) is 0 Å². The Balaban J connectivity index is 1.92. The number of nitrogens with zero attached hydrogens (tertiary/aromatic N) is 2. The molecule has 1 heterocycles. The van der Waals surface area contributed by atoms with Gasteiger partial charge in [-0.1, -0.05) is 0 Å². The maximum absolute atomic E-state index is 8.80. The van der Waals surface area contributed by atoms with Crippen molar-refractivity contribution in [3.05, 3.63) is 28.2 Å². The van der Waals surface area contributed by atoms with Gasteiger partial charge >= 0.3 is 0 Å². The van der Waals surface area contributed by atoms with Gasteiger partial charge in [0.15, 0.2) is 0 Å². The van der Waals surface area contributed by atoms with Crippen LogP contribution in [-0.2, 0) is 4.74 Å². The van der Waals surface area contributed by atoms with Gasteiger partial charge in [0.1, 0.15) is 0 Å². The van der Waals surface area contributed by atoms with E-state index in [0.29, 0.717) is 5.56 Å². The van der Waals surface area contributed by atoms with Crippen LogP contribution < -0.4 is 5.32 Å². The predicted molar refractivity (Wildman–Crippen MR) is 74.6 cm³/mol. The number of hydrogen-bond acceptors (Lipinski definition) is 4. The van der Waals surface area contributed by atoms with Gasteiger partial charge in [-0.25, -0.2) is 0 Å². The van der Waals surface area contributed by atoms with Crippen LogP contribution in [0.1, 0.15) is 5.56 Å². The summed E-state index contributed by atoms with van der Waals surface area (Å²) in [6, 6.07) is 7.65. The lowest BCUT2D eigenvalue weighted by Crippen LogP contribution is -2.43. The fourth-order valence-electron chi connectivity index (χ4n) is 1.94. The van der Waals surface area contributed by atoms with Gasteiger partial charge in [0.05, 0.1) is 24.3 Å². The van der Waals surface area contributed by atoms with Gasteiger partial charge in [0, 0.05) is 29.8 Å². The van der Waals surface area contributed by atoms with E-state index >= 15 is 0 Å². The monoisotopic (exact) mass is 309 g/mol. The minimum Gasteiger partial charge on any atom is -0.381 e. The number of rotatable bonds is 3. The first-order valence-electron chi connectivity index (χ1n) is 5.92. The number of morpholine rings is 1. The van der Waals surface area contributed by atoms with E-state index in [4.69, 9.17) is 10.00 Å². The Kier molecular flexibility index (Phi) is 4.59. The molecule has 1 aromatic carbocycles. The van der Waals surface area contributed by atoms with E-state index < -0.39 is 0 Å². The van der Waals surface area contributed by atoms with Gasteiger partial charge in [0.2, 0.25) is 0 Å². The van der Waals surface area contributed by atoms with Crippen molar-refractivity contribution in [1.29, 1.82) is 5.26 Å². The lowest BCUT2D eigenvalue weighted by molar-refractivity contribution is -0.0117. The molecule has 1 aromatic rings. The van der Waals surface area contributed by atoms with Crippen molar-refractivity contribution >= 4 is 21.6 Å². The minimum atomic E-state index is 0.214.